The third kappa shape index (κ3) is 4.22. The number of halogens is 1. The number of carbonyl (C=O) groups excluding carboxylic acids is 1. The molecule has 1 aromatic carbocycles. The fraction of sp³-hybridized carbons (Fsp3) is 0.500. The van der Waals surface area contributed by atoms with Gasteiger partial charge in [-0.25, -0.2) is 0 Å². The van der Waals surface area contributed by atoms with Crippen LogP contribution in [0.25, 0.3) is 0 Å². The number of carbonyl (C=O) groups is 1. The van der Waals surface area contributed by atoms with Crippen molar-refractivity contribution >= 4 is 23.2 Å². The molecule has 1 rings (SSSR count). The molecule has 0 heterocycles. The first kappa shape index (κ1) is 14.8. The number of aromatic hydroxyl groups is 1. The van der Waals surface area contributed by atoms with Crippen molar-refractivity contribution in [3.8, 4) is 5.75 Å². The predicted octanol–water partition coefficient (Wildman–Crippen LogP) is 4.20. The van der Waals surface area contributed by atoms with Gasteiger partial charge in [0.05, 0.1) is 5.02 Å². The van der Waals surface area contributed by atoms with E-state index in [4.69, 9.17) is 11.6 Å². The summed E-state index contributed by atoms with van der Waals surface area (Å²) in [6.45, 7) is 4.15. The molecule has 1 amide bonds. The Balaban J connectivity index is 2.69. The number of phenols is 1. The van der Waals surface area contributed by atoms with Crippen LogP contribution in [-0.2, 0) is 4.79 Å². The van der Waals surface area contributed by atoms with Gasteiger partial charge in [-0.1, -0.05) is 38.3 Å². The molecule has 0 aliphatic heterocycles. The van der Waals surface area contributed by atoms with Crippen LogP contribution in [0.1, 0.15) is 39.5 Å². The standard InChI is InChI=1S/C14H20ClNO2/c1-3-5-10(6-4-2)14(18)16-11-7-8-12(15)13(17)9-11/h7-10,17H,3-6H2,1-2H3,(H,16,18). The van der Waals surface area contributed by atoms with Crippen LogP contribution in [0.4, 0.5) is 5.69 Å². The van der Waals surface area contributed by atoms with E-state index in [1.807, 2.05) is 0 Å². The van der Waals surface area contributed by atoms with E-state index < -0.39 is 0 Å². The fourth-order valence-electron chi connectivity index (χ4n) is 1.94. The summed E-state index contributed by atoms with van der Waals surface area (Å²) >= 11 is 5.72. The second-order valence-electron chi connectivity index (χ2n) is 4.43. The molecule has 1 aromatic rings. The van der Waals surface area contributed by atoms with Crippen LogP contribution in [0.5, 0.6) is 5.75 Å². The van der Waals surface area contributed by atoms with Gasteiger partial charge >= 0.3 is 0 Å². The highest BCUT2D eigenvalue weighted by Crippen LogP contribution is 2.27. The van der Waals surface area contributed by atoms with Gasteiger partial charge in [-0.3, -0.25) is 4.79 Å². The summed E-state index contributed by atoms with van der Waals surface area (Å²) in [5, 5.41) is 12.6. The van der Waals surface area contributed by atoms with Gasteiger partial charge < -0.3 is 10.4 Å². The molecule has 0 atom stereocenters. The molecule has 3 nitrogen and oxygen atoms in total. The first-order valence-corrected chi connectivity index (χ1v) is 6.75. The zero-order chi connectivity index (χ0) is 13.5. The van der Waals surface area contributed by atoms with Crippen molar-refractivity contribution in [1.29, 1.82) is 0 Å². The van der Waals surface area contributed by atoms with E-state index in [9.17, 15) is 9.90 Å². The van der Waals surface area contributed by atoms with Crippen molar-refractivity contribution in [2.75, 3.05) is 5.32 Å². The Labute approximate surface area is 113 Å². The molecule has 0 radical (unpaired) electrons. The summed E-state index contributed by atoms with van der Waals surface area (Å²) in [5.41, 5.74) is 0.583. The number of nitrogens with one attached hydrogen (secondary N) is 1. The third-order valence-electron chi connectivity index (χ3n) is 2.86. The topological polar surface area (TPSA) is 49.3 Å². The van der Waals surface area contributed by atoms with Crippen molar-refractivity contribution in [1.82, 2.24) is 0 Å². The van der Waals surface area contributed by atoms with E-state index in [0.29, 0.717) is 5.69 Å². The molecule has 0 aromatic heterocycles. The third-order valence-corrected chi connectivity index (χ3v) is 3.18. The highest BCUT2D eigenvalue weighted by Gasteiger charge is 2.16. The van der Waals surface area contributed by atoms with E-state index in [1.54, 1.807) is 12.1 Å². The van der Waals surface area contributed by atoms with E-state index in [0.717, 1.165) is 25.7 Å². The van der Waals surface area contributed by atoms with Gasteiger partial charge in [-0.15, -0.1) is 0 Å². The Morgan fingerprint density at radius 1 is 1.33 bits per heavy atom. The summed E-state index contributed by atoms with van der Waals surface area (Å²) in [7, 11) is 0. The maximum atomic E-state index is 12.1. The van der Waals surface area contributed by atoms with Gasteiger partial charge in [0, 0.05) is 17.7 Å². The van der Waals surface area contributed by atoms with Gasteiger partial charge in [0.15, 0.2) is 0 Å². The van der Waals surface area contributed by atoms with Crippen LogP contribution in [0.15, 0.2) is 18.2 Å². The maximum Gasteiger partial charge on any atom is 0.227 e. The molecule has 18 heavy (non-hydrogen) atoms. The Kier molecular flexibility index (Phi) is 5.99. The van der Waals surface area contributed by atoms with E-state index in [1.165, 1.54) is 6.07 Å². The fourth-order valence-corrected chi connectivity index (χ4v) is 2.06. The zero-order valence-electron chi connectivity index (χ0n) is 10.9. The molecule has 4 heteroatoms. The first-order chi connectivity index (χ1) is 8.58. The van der Waals surface area contributed by atoms with Crippen molar-refractivity contribution in [3.63, 3.8) is 0 Å². The van der Waals surface area contributed by atoms with Crippen LogP contribution >= 0.6 is 11.6 Å². The van der Waals surface area contributed by atoms with Crippen molar-refractivity contribution in [2.24, 2.45) is 5.92 Å². The molecule has 0 fully saturated rings. The monoisotopic (exact) mass is 269 g/mol. The number of hydrogen-bond acceptors (Lipinski definition) is 2. The summed E-state index contributed by atoms with van der Waals surface area (Å²) in [4.78, 5) is 12.1. The smallest absolute Gasteiger partial charge is 0.227 e. The highest BCUT2D eigenvalue weighted by atomic mass is 35.5. The average molecular weight is 270 g/mol. The van der Waals surface area contributed by atoms with Gasteiger partial charge in [0.25, 0.3) is 0 Å². The van der Waals surface area contributed by atoms with Crippen molar-refractivity contribution in [2.45, 2.75) is 39.5 Å². The molecule has 100 valence electrons. The Bertz CT molecular complexity index is 401. The highest BCUT2D eigenvalue weighted by molar-refractivity contribution is 6.32. The normalized spacial score (nSPS) is 10.7. The van der Waals surface area contributed by atoms with Crippen molar-refractivity contribution < 1.29 is 9.90 Å². The minimum Gasteiger partial charge on any atom is -0.506 e. The van der Waals surface area contributed by atoms with Crippen LogP contribution < -0.4 is 5.32 Å². The first-order valence-electron chi connectivity index (χ1n) is 6.37. The molecule has 0 unspecified atom stereocenters. The lowest BCUT2D eigenvalue weighted by molar-refractivity contribution is -0.120. The SMILES string of the molecule is CCCC(CCC)C(=O)Nc1ccc(Cl)c(O)c1. The number of anilines is 1. The summed E-state index contributed by atoms with van der Waals surface area (Å²) in [6.07, 6.45) is 3.76. The summed E-state index contributed by atoms with van der Waals surface area (Å²) < 4.78 is 0. The number of phenolic OH excluding ortho intramolecular Hbond substituents is 1. The number of amides is 1. The zero-order valence-corrected chi connectivity index (χ0v) is 11.6. The molecule has 0 saturated heterocycles. The molecule has 0 saturated carbocycles. The van der Waals surface area contributed by atoms with Crippen LogP contribution in [0.3, 0.4) is 0 Å². The maximum absolute atomic E-state index is 12.1. The second kappa shape index (κ2) is 7.27. The summed E-state index contributed by atoms with van der Waals surface area (Å²) in [5.74, 6) is 0.0373. The second-order valence-corrected chi connectivity index (χ2v) is 4.84. The molecular weight excluding hydrogens is 250 g/mol. The van der Waals surface area contributed by atoms with E-state index in [2.05, 4.69) is 19.2 Å². The van der Waals surface area contributed by atoms with Crippen LogP contribution in [0.2, 0.25) is 5.02 Å². The van der Waals surface area contributed by atoms with Crippen LogP contribution in [-0.4, -0.2) is 11.0 Å². The van der Waals surface area contributed by atoms with Gasteiger partial charge in [0.2, 0.25) is 5.91 Å². The average Bonchev–Trinajstić information content (AvgIpc) is 2.33. The summed E-state index contributed by atoms with van der Waals surface area (Å²) in [6, 6.07) is 4.73. The largest absolute Gasteiger partial charge is 0.506 e. The number of rotatable bonds is 6. The Hall–Kier alpha value is -1.22. The lowest BCUT2D eigenvalue weighted by atomic mass is 9.97. The van der Waals surface area contributed by atoms with E-state index in [-0.39, 0.29) is 22.6 Å². The molecular formula is C14H20ClNO2. The van der Waals surface area contributed by atoms with Crippen molar-refractivity contribution in [3.05, 3.63) is 23.2 Å². The minimum absolute atomic E-state index is 0.0143. The molecule has 0 aliphatic rings. The molecule has 0 spiro atoms. The Morgan fingerprint density at radius 3 is 2.44 bits per heavy atom. The minimum atomic E-state index is -0.0167. The van der Waals surface area contributed by atoms with E-state index >= 15 is 0 Å². The number of benzene rings is 1. The molecule has 2 N–H and O–H groups in total. The van der Waals surface area contributed by atoms with Gasteiger partial charge in [-0.2, -0.15) is 0 Å². The van der Waals surface area contributed by atoms with Gasteiger partial charge in [-0.05, 0) is 25.0 Å². The number of hydrogen-bond donors (Lipinski definition) is 2. The predicted molar refractivity (Wildman–Crippen MR) is 75.1 cm³/mol. The van der Waals surface area contributed by atoms with Crippen LogP contribution in [0, 0.1) is 5.92 Å². The lowest BCUT2D eigenvalue weighted by Gasteiger charge is -2.15. The lowest BCUT2D eigenvalue weighted by Crippen LogP contribution is -2.22. The molecule has 0 aliphatic carbocycles. The Morgan fingerprint density at radius 2 is 1.94 bits per heavy atom. The molecule has 0 bridgehead atoms. The van der Waals surface area contributed by atoms with Gasteiger partial charge in [0.1, 0.15) is 5.75 Å². The quantitative estimate of drug-likeness (QED) is 0.813.